The first-order valence-corrected chi connectivity index (χ1v) is 9.22. The molecule has 3 heterocycles. The molecule has 0 aliphatic carbocycles. The number of H-pyrrole nitrogens is 1. The van der Waals surface area contributed by atoms with Crippen LogP contribution < -0.4 is 10.2 Å². The smallest absolute Gasteiger partial charge is 0.270 e. The molecule has 0 unspecified atom stereocenters. The van der Waals surface area contributed by atoms with Crippen molar-refractivity contribution in [3.8, 4) is 0 Å². The number of benzene rings is 1. The Labute approximate surface area is 152 Å². The van der Waals surface area contributed by atoms with Crippen molar-refractivity contribution in [2.24, 2.45) is 0 Å². The Kier molecular flexibility index (Phi) is 4.82. The van der Waals surface area contributed by atoms with Crippen molar-refractivity contribution in [1.82, 2.24) is 20.3 Å². The van der Waals surface area contributed by atoms with Crippen molar-refractivity contribution < 1.29 is 4.79 Å². The van der Waals surface area contributed by atoms with Crippen molar-refractivity contribution in [3.05, 3.63) is 54.0 Å². The van der Waals surface area contributed by atoms with Gasteiger partial charge in [0.25, 0.3) is 5.91 Å². The maximum Gasteiger partial charge on any atom is 0.270 e. The van der Waals surface area contributed by atoms with Gasteiger partial charge in [-0.15, -0.1) is 0 Å². The summed E-state index contributed by atoms with van der Waals surface area (Å²) in [6.45, 7) is 2.50. The number of hydrogen-bond donors (Lipinski definition) is 2. The Hall–Kier alpha value is -2.89. The fraction of sp³-hybridized carbons (Fsp3) is 0.350. The van der Waals surface area contributed by atoms with Gasteiger partial charge < -0.3 is 15.2 Å². The molecule has 0 spiro atoms. The number of hydrogen-bond acceptors (Lipinski definition) is 4. The number of aromatic nitrogens is 3. The molecule has 6 heteroatoms. The largest absolute Gasteiger partial charge is 0.361 e. The van der Waals surface area contributed by atoms with Crippen LogP contribution in [-0.4, -0.2) is 40.5 Å². The molecule has 1 amide bonds. The highest BCUT2D eigenvalue weighted by molar-refractivity contribution is 5.92. The van der Waals surface area contributed by atoms with E-state index in [-0.39, 0.29) is 5.91 Å². The number of piperidine rings is 1. The fourth-order valence-electron chi connectivity index (χ4n) is 3.46. The first kappa shape index (κ1) is 16.6. The minimum atomic E-state index is -0.148. The molecule has 2 aromatic heterocycles. The highest BCUT2D eigenvalue weighted by Gasteiger charge is 2.15. The first-order valence-electron chi connectivity index (χ1n) is 9.22. The number of para-hydroxylation sites is 1. The standard InChI is InChI=1S/C20H23N5O/c26-19(18-9-11-22-20(24-18)25-12-4-1-5-13-25)21-10-8-15-14-23-17-7-3-2-6-16(15)17/h2-3,6-7,9,11,14,23H,1,4-5,8,10,12-13H2,(H,21,26). The number of nitrogens with one attached hydrogen (secondary N) is 2. The monoisotopic (exact) mass is 349 g/mol. The number of amides is 1. The quantitative estimate of drug-likeness (QED) is 0.743. The molecule has 4 rings (SSSR count). The Balaban J connectivity index is 1.37. The normalized spacial score (nSPS) is 14.5. The summed E-state index contributed by atoms with van der Waals surface area (Å²) in [6, 6.07) is 9.87. The highest BCUT2D eigenvalue weighted by atomic mass is 16.1. The van der Waals surface area contributed by atoms with Crippen molar-refractivity contribution in [2.45, 2.75) is 25.7 Å². The summed E-state index contributed by atoms with van der Waals surface area (Å²) >= 11 is 0. The van der Waals surface area contributed by atoms with Gasteiger partial charge in [0.1, 0.15) is 5.69 Å². The summed E-state index contributed by atoms with van der Waals surface area (Å²) in [4.78, 5) is 26.7. The van der Waals surface area contributed by atoms with E-state index in [0.717, 1.165) is 37.9 Å². The minimum absolute atomic E-state index is 0.148. The van der Waals surface area contributed by atoms with E-state index in [4.69, 9.17) is 0 Å². The maximum atomic E-state index is 12.4. The van der Waals surface area contributed by atoms with Crippen LogP contribution in [-0.2, 0) is 6.42 Å². The summed E-state index contributed by atoms with van der Waals surface area (Å²) in [5, 5.41) is 4.18. The Morgan fingerprint density at radius 3 is 2.88 bits per heavy atom. The third-order valence-corrected chi connectivity index (χ3v) is 4.87. The van der Waals surface area contributed by atoms with Crippen LogP contribution in [0.4, 0.5) is 5.95 Å². The van der Waals surface area contributed by atoms with Crippen LogP contribution in [0.3, 0.4) is 0 Å². The molecule has 0 bridgehead atoms. The number of carbonyl (C=O) groups excluding carboxylic acids is 1. The zero-order chi connectivity index (χ0) is 17.8. The minimum Gasteiger partial charge on any atom is -0.361 e. The molecule has 0 saturated carbocycles. The summed E-state index contributed by atoms with van der Waals surface area (Å²) in [6.07, 6.45) is 8.03. The molecule has 1 saturated heterocycles. The maximum absolute atomic E-state index is 12.4. The Bertz CT molecular complexity index is 898. The lowest BCUT2D eigenvalue weighted by Crippen LogP contribution is -2.32. The van der Waals surface area contributed by atoms with E-state index in [1.807, 2.05) is 18.3 Å². The second-order valence-corrected chi connectivity index (χ2v) is 6.65. The summed E-state index contributed by atoms with van der Waals surface area (Å²) < 4.78 is 0. The SMILES string of the molecule is O=C(NCCc1c[nH]c2ccccc12)c1ccnc(N2CCCCC2)n1. The van der Waals surface area contributed by atoms with Gasteiger partial charge in [0, 0.05) is 42.9 Å². The Morgan fingerprint density at radius 2 is 2.00 bits per heavy atom. The van der Waals surface area contributed by atoms with Gasteiger partial charge in [-0.05, 0) is 43.4 Å². The molecular weight excluding hydrogens is 326 g/mol. The predicted molar refractivity (Wildman–Crippen MR) is 102 cm³/mol. The van der Waals surface area contributed by atoms with Gasteiger partial charge in [-0.1, -0.05) is 18.2 Å². The molecule has 134 valence electrons. The van der Waals surface area contributed by atoms with Gasteiger partial charge in [-0.25, -0.2) is 9.97 Å². The van der Waals surface area contributed by atoms with Crippen molar-refractivity contribution in [3.63, 3.8) is 0 Å². The lowest BCUT2D eigenvalue weighted by molar-refractivity contribution is 0.0949. The number of aromatic amines is 1. The van der Waals surface area contributed by atoms with Gasteiger partial charge in [-0.3, -0.25) is 4.79 Å². The molecule has 0 atom stereocenters. The van der Waals surface area contributed by atoms with Crippen molar-refractivity contribution in [1.29, 1.82) is 0 Å². The van der Waals surface area contributed by atoms with Gasteiger partial charge in [0.15, 0.2) is 0 Å². The third kappa shape index (κ3) is 3.54. The first-order chi connectivity index (χ1) is 12.8. The molecular formula is C20H23N5O. The lowest BCUT2D eigenvalue weighted by Gasteiger charge is -2.26. The number of nitrogens with zero attached hydrogens (tertiary/aromatic N) is 3. The average Bonchev–Trinajstić information content (AvgIpc) is 3.12. The Morgan fingerprint density at radius 1 is 1.15 bits per heavy atom. The lowest BCUT2D eigenvalue weighted by atomic mass is 10.1. The van der Waals surface area contributed by atoms with Crippen LogP contribution in [0, 0.1) is 0 Å². The van der Waals surface area contributed by atoms with E-state index < -0.39 is 0 Å². The van der Waals surface area contributed by atoms with Crippen molar-refractivity contribution in [2.75, 3.05) is 24.5 Å². The van der Waals surface area contributed by atoms with E-state index in [1.54, 1.807) is 12.3 Å². The van der Waals surface area contributed by atoms with Crippen LogP contribution in [0.2, 0.25) is 0 Å². The molecule has 0 radical (unpaired) electrons. The van der Waals surface area contributed by atoms with Gasteiger partial charge in [-0.2, -0.15) is 0 Å². The van der Waals surface area contributed by atoms with E-state index in [2.05, 4.69) is 37.3 Å². The van der Waals surface area contributed by atoms with E-state index in [9.17, 15) is 4.79 Å². The van der Waals surface area contributed by atoms with E-state index >= 15 is 0 Å². The molecule has 3 aromatic rings. The topological polar surface area (TPSA) is 73.9 Å². The van der Waals surface area contributed by atoms with E-state index in [0.29, 0.717) is 18.2 Å². The zero-order valence-corrected chi connectivity index (χ0v) is 14.7. The molecule has 1 aromatic carbocycles. The molecule has 1 aliphatic rings. The van der Waals surface area contributed by atoms with Crippen LogP contribution in [0.15, 0.2) is 42.7 Å². The molecule has 1 fully saturated rings. The van der Waals surface area contributed by atoms with E-state index in [1.165, 1.54) is 17.4 Å². The number of anilines is 1. The second kappa shape index (κ2) is 7.56. The summed E-state index contributed by atoms with van der Waals surface area (Å²) in [7, 11) is 0. The van der Waals surface area contributed by atoms with Crippen LogP contribution in [0.25, 0.3) is 10.9 Å². The number of carbonyl (C=O) groups is 1. The van der Waals surface area contributed by atoms with Crippen LogP contribution in [0.1, 0.15) is 35.3 Å². The molecule has 26 heavy (non-hydrogen) atoms. The number of rotatable bonds is 5. The fourth-order valence-corrected chi connectivity index (χ4v) is 3.46. The predicted octanol–water partition coefficient (Wildman–Crippen LogP) is 2.92. The van der Waals surface area contributed by atoms with Crippen LogP contribution >= 0.6 is 0 Å². The molecule has 1 aliphatic heterocycles. The van der Waals surface area contributed by atoms with Crippen molar-refractivity contribution >= 4 is 22.8 Å². The average molecular weight is 349 g/mol. The van der Waals surface area contributed by atoms with Gasteiger partial charge in [0.2, 0.25) is 5.95 Å². The summed E-state index contributed by atoms with van der Waals surface area (Å²) in [5.74, 6) is 0.513. The van der Waals surface area contributed by atoms with Gasteiger partial charge >= 0.3 is 0 Å². The second-order valence-electron chi connectivity index (χ2n) is 6.65. The third-order valence-electron chi connectivity index (χ3n) is 4.87. The summed E-state index contributed by atoms with van der Waals surface area (Å²) in [5.41, 5.74) is 2.76. The van der Waals surface area contributed by atoms with Gasteiger partial charge in [0.05, 0.1) is 0 Å². The highest BCUT2D eigenvalue weighted by Crippen LogP contribution is 2.18. The number of fused-ring (bicyclic) bond motifs is 1. The molecule has 2 N–H and O–H groups in total. The molecule has 6 nitrogen and oxygen atoms in total. The van der Waals surface area contributed by atoms with Crippen LogP contribution in [0.5, 0.6) is 0 Å². The zero-order valence-electron chi connectivity index (χ0n) is 14.7.